The fourth-order valence-corrected chi connectivity index (χ4v) is 4.96. The molecular weight excluding hydrogens is 414 g/mol. The van der Waals surface area contributed by atoms with Crippen molar-refractivity contribution in [3.8, 4) is 5.75 Å². The first-order valence-corrected chi connectivity index (χ1v) is 12.3. The Morgan fingerprint density at radius 1 is 1.06 bits per heavy atom. The van der Waals surface area contributed by atoms with Crippen LogP contribution in [0.5, 0.6) is 5.75 Å². The van der Waals surface area contributed by atoms with Crippen molar-refractivity contribution < 1.29 is 9.53 Å². The summed E-state index contributed by atoms with van der Waals surface area (Å²) in [6, 6.07) is 6.50. The van der Waals surface area contributed by atoms with Crippen molar-refractivity contribution in [2.75, 3.05) is 57.3 Å². The van der Waals surface area contributed by atoms with Crippen molar-refractivity contribution in [1.82, 2.24) is 19.8 Å². The summed E-state index contributed by atoms with van der Waals surface area (Å²) in [7, 11) is 0. The number of nitrogens with zero attached hydrogens (tertiary/aromatic N) is 5. The lowest BCUT2D eigenvalue weighted by molar-refractivity contribution is 0.0926. The first-order chi connectivity index (χ1) is 16.0. The molecule has 3 heterocycles. The molecule has 0 amide bonds. The molecule has 2 aliphatic rings. The quantitative estimate of drug-likeness (QED) is 0.428. The van der Waals surface area contributed by atoms with Crippen LogP contribution < -0.4 is 9.64 Å². The maximum Gasteiger partial charge on any atom is 0.225 e. The van der Waals surface area contributed by atoms with Gasteiger partial charge >= 0.3 is 0 Å². The van der Waals surface area contributed by atoms with Gasteiger partial charge in [0.25, 0.3) is 0 Å². The normalized spacial score (nSPS) is 19.7. The van der Waals surface area contributed by atoms with Crippen LogP contribution in [0.15, 0.2) is 30.6 Å². The molecule has 1 atom stereocenters. The number of rotatable bonds is 9. The van der Waals surface area contributed by atoms with Crippen LogP contribution in [-0.2, 0) is 0 Å². The van der Waals surface area contributed by atoms with Crippen LogP contribution in [0.25, 0.3) is 0 Å². The van der Waals surface area contributed by atoms with Crippen molar-refractivity contribution in [2.45, 2.75) is 46.1 Å². The summed E-state index contributed by atoms with van der Waals surface area (Å²) in [6.45, 7) is 13.2. The molecule has 33 heavy (non-hydrogen) atoms. The highest BCUT2D eigenvalue weighted by atomic mass is 16.5. The second kappa shape index (κ2) is 11.1. The average Bonchev–Trinajstić information content (AvgIpc) is 3.23. The topological polar surface area (TPSA) is 61.8 Å². The number of carbonyl (C=O) groups is 1. The van der Waals surface area contributed by atoms with E-state index in [4.69, 9.17) is 4.74 Å². The van der Waals surface area contributed by atoms with Gasteiger partial charge in [0.1, 0.15) is 5.75 Å². The molecule has 0 spiro atoms. The first kappa shape index (κ1) is 23.6. The number of carbonyl (C=O) groups excluding carboxylic acids is 1. The summed E-state index contributed by atoms with van der Waals surface area (Å²) < 4.78 is 6.14. The fraction of sp³-hybridized carbons (Fsp3) is 0.577. The highest BCUT2D eigenvalue weighted by molar-refractivity contribution is 5.98. The molecule has 0 radical (unpaired) electrons. The lowest BCUT2D eigenvalue weighted by atomic mass is 10.0. The maximum atomic E-state index is 13.0. The van der Waals surface area contributed by atoms with Gasteiger partial charge in [-0.05, 0) is 75.9 Å². The SMILES string of the molecule is Cc1cc(C(=O)CN2CCN(c3ncccn3)CC2)cc(C)c1OCCCN1CCC[C@H]1C. The molecular formula is C26H37N5O2. The van der Waals surface area contributed by atoms with Crippen molar-refractivity contribution in [2.24, 2.45) is 0 Å². The van der Waals surface area contributed by atoms with Gasteiger partial charge in [-0.25, -0.2) is 9.97 Å². The van der Waals surface area contributed by atoms with Gasteiger partial charge in [-0.15, -0.1) is 0 Å². The summed E-state index contributed by atoms with van der Waals surface area (Å²) in [5.41, 5.74) is 2.86. The Bertz CT molecular complexity index is 905. The Hall–Kier alpha value is -2.51. The van der Waals surface area contributed by atoms with Crippen LogP contribution in [0.1, 0.15) is 47.7 Å². The molecule has 0 saturated carbocycles. The molecule has 2 aromatic rings. The number of ketones is 1. The molecule has 1 aromatic carbocycles. The third-order valence-corrected chi connectivity index (χ3v) is 6.88. The molecule has 7 heteroatoms. The average molecular weight is 452 g/mol. The molecule has 4 rings (SSSR count). The number of aryl methyl sites for hydroxylation is 2. The Morgan fingerprint density at radius 3 is 2.39 bits per heavy atom. The predicted octanol–water partition coefficient (Wildman–Crippen LogP) is 3.35. The van der Waals surface area contributed by atoms with E-state index in [-0.39, 0.29) is 5.78 Å². The van der Waals surface area contributed by atoms with E-state index in [1.54, 1.807) is 12.4 Å². The van der Waals surface area contributed by atoms with E-state index in [0.29, 0.717) is 19.2 Å². The standard InChI is InChI=1S/C26H37N5O2/c1-20-17-23(18-21(2)25(20)33-16-6-11-30-10-4-7-22(30)3)24(32)19-29-12-14-31(15-13-29)26-27-8-5-9-28-26/h5,8-9,17-18,22H,4,6-7,10-16,19H2,1-3H3/t22-/m1/s1. The van der Waals surface area contributed by atoms with Crippen molar-refractivity contribution in [1.29, 1.82) is 0 Å². The van der Waals surface area contributed by atoms with Crippen LogP contribution in [-0.4, -0.2) is 84.0 Å². The van der Waals surface area contributed by atoms with E-state index in [2.05, 4.69) is 31.6 Å². The number of hydrogen-bond donors (Lipinski definition) is 0. The second-order valence-electron chi connectivity index (χ2n) is 9.40. The van der Waals surface area contributed by atoms with Crippen LogP contribution in [0.4, 0.5) is 5.95 Å². The molecule has 7 nitrogen and oxygen atoms in total. The molecule has 2 saturated heterocycles. The zero-order chi connectivity index (χ0) is 23.2. The van der Waals surface area contributed by atoms with Crippen LogP contribution in [0, 0.1) is 13.8 Å². The summed E-state index contributed by atoms with van der Waals surface area (Å²) in [5.74, 6) is 1.86. The van der Waals surface area contributed by atoms with Crippen LogP contribution >= 0.6 is 0 Å². The summed E-state index contributed by atoms with van der Waals surface area (Å²) in [4.78, 5) is 28.6. The van der Waals surface area contributed by atoms with E-state index >= 15 is 0 Å². The largest absolute Gasteiger partial charge is 0.493 e. The fourth-order valence-electron chi connectivity index (χ4n) is 4.96. The van der Waals surface area contributed by atoms with Crippen LogP contribution in [0.2, 0.25) is 0 Å². The number of benzene rings is 1. The smallest absolute Gasteiger partial charge is 0.225 e. The van der Waals surface area contributed by atoms with Gasteiger partial charge < -0.3 is 14.5 Å². The molecule has 178 valence electrons. The minimum Gasteiger partial charge on any atom is -0.493 e. The predicted molar refractivity (Wildman–Crippen MR) is 131 cm³/mol. The number of anilines is 1. The maximum absolute atomic E-state index is 13.0. The first-order valence-electron chi connectivity index (χ1n) is 12.3. The zero-order valence-electron chi connectivity index (χ0n) is 20.3. The monoisotopic (exact) mass is 451 g/mol. The number of hydrogen-bond acceptors (Lipinski definition) is 7. The Balaban J connectivity index is 1.26. The molecule has 1 aromatic heterocycles. The summed E-state index contributed by atoms with van der Waals surface area (Å²) in [5, 5.41) is 0. The second-order valence-corrected chi connectivity index (χ2v) is 9.40. The van der Waals surface area contributed by atoms with E-state index in [9.17, 15) is 4.79 Å². The third kappa shape index (κ3) is 6.09. The van der Waals surface area contributed by atoms with Gasteiger partial charge in [0, 0.05) is 56.7 Å². The molecule has 0 unspecified atom stereocenters. The van der Waals surface area contributed by atoms with Gasteiger partial charge in [-0.1, -0.05) is 0 Å². The van der Waals surface area contributed by atoms with E-state index in [1.807, 2.05) is 32.0 Å². The van der Waals surface area contributed by atoms with Gasteiger partial charge in [-0.2, -0.15) is 0 Å². The molecule has 0 bridgehead atoms. The molecule has 0 aliphatic carbocycles. The van der Waals surface area contributed by atoms with Gasteiger partial charge in [0.2, 0.25) is 5.95 Å². The van der Waals surface area contributed by atoms with Crippen molar-refractivity contribution >= 4 is 11.7 Å². The van der Waals surface area contributed by atoms with Crippen molar-refractivity contribution in [3.05, 3.63) is 47.3 Å². The van der Waals surface area contributed by atoms with Gasteiger partial charge in [0.05, 0.1) is 13.2 Å². The number of ether oxygens (including phenoxy) is 1. The highest BCUT2D eigenvalue weighted by Crippen LogP contribution is 2.26. The lowest BCUT2D eigenvalue weighted by Crippen LogP contribution is -2.48. The number of likely N-dealkylation sites (tertiary alicyclic amines) is 1. The number of aromatic nitrogens is 2. The van der Waals surface area contributed by atoms with Gasteiger partial charge in [0.15, 0.2) is 5.78 Å². The molecule has 2 aliphatic heterocycles. The zero-order valence-corrected chi connectivity index (χ0v) is 20.3. The van der Waals surface area contributed by atoms with Gasteiger partial charge in [-0.3, -0.25) is 9.69 Å². The number of piperazine rings is 1. The van der Waals surface area contributed by atoms with E-state index in [0.717, 1.165) is 67.5 Å². The van der Waals surface area contributed by atoms with E-state index < -0.39 is 0 Å². The Labute approximate surface area is 197 Å². The Morgan fingerprint density at radius 2 is 1.76 bits per heavy atom. The minimum absolute atomic E-state index is 0.167. The minimum atomic E-state index is 0.167. The summed E-state index contributed by atoms with van der Waals surface area (Å²) >= 11 is 0. The van der Waals surface area contributed by atoms with Crippen LogP contribution in [0.3, 0.4) is 0 Å². The molecule has 2 fully saturated rings. The Kier molecular flexibility index (Phi) is 7.93. The van der Waals surface area contributed by atoms with Crippen molar-refractivity contribution in [3.63, 3.8) is 0 Å². The summed E-state index contributed by atoms with van der Waals surface area (Å²) in [6.07, 6.45) is 7.19. The third-order valence-electron chi connectivity index (χ3n) is 6.88. The molecule has 0 N–H and O–H groups in total. The lowest BCUT2D eigenvalue weighted by Gasteiger charge is -2.34. The highest BCUT2D eigenvalue weighted by Gasteiger charge is 2.22. The van der Waals surface area contributed by atoms with E-state index in [1.165, 1.54) is 19.4 Å². The number of Topliss-reactive ketones (excluding diaryl/α,β-unsaturated/α-hetero) is 1.